The van der Waals surface area contributed by atoms with Gasteiger partial charge in [-0.2, -0.15) is 0 Å². The van der Waals surface area contributed by atoms with Crippen LogP contribution >= 0.6 is 43.2 Å². The number of halogens is 2. The molecular formula is C20H18Br2N2O2S2. The van der Waals surface area contributed by atoms with Gasteiger partial charge in [0.05, 0.1) is 15.8 Å². The summed E-state index contributed by atoms with van der Waals surface area (Å²) in [5, 5.41) is 2.65. The van der Waals surface area contributed by atoms with E-state index in [4.69, 9.17) is 4.98 Å². The van der Waals surface area contributed by atoms with Crippen LogP contribution in [-0.4, -0.2) is 31.7 Å². The zero-order valence-corrected chi connectivity index (χ0v) is 19.7. The van der Waals surface area contributed by atoms with Crippen LogP contribution in [0.25, 0.3) is 11.3 Å². The molecule has 0 bridgehead atoms. The maximum absolute atomic E-state index is 13.0. The fourth-order valence-corrected chi connectivity index (χ4v) is 7.45. The van der Waals surface area contributed by atoms with Crippen molar-refractivity contribution in [1.29, 1.82) is 0 Å². The van der Waals surface area contributed by atoms with Crippen LogP contribution in [0.4, 0.5) is 5.13 Å². The highest BCUT2D eigenvalue weighted by Gasteiger charge is 2.33. The van der Waals surface area contributed by atoms with Crippen molar-refractivity contribution in [2.24, 2.45) is 0 Å². The first-order chi connectivity index (χ1) is 13.4. The second-order valence-corrected chi connectivity index (χ2v) is 11.5. The number of benzene rings is 2. The molecule has 146 valence electrons. The Morgan fingerprint density at radius 2 is 1.79 bits per heavy atom. The van der Waals surface area contributed by atoms with E-state index in [0.29, 0.717) is 35.3 Å². The summed E-state index contributed by atoms with van der Waals surface area (Å²) in [7, 11) is -3.34. The van der Waals surface area contributed by atoms with E-state index in [1.807, 2.05) is 24.3 Å². The van der Waals surface area contributed by atoms with Gasteiger partial charge >= 0.3 is 0 Å². The molecule has 8 heteroatoms. The zero-order chi connectivity index (χ0) is 19.7. The monoisotopic (exact) mass is 540 g/mol. The number of hydrogen-bond donors (Lipinski definition) is 0. The molecule has 0 atom stereocenters. The molecule has 1 aliphatic rings. The van der Waals surface area contributed by atoms with Crippen LogP contribution in [0.2, 0.25) is 0 Å². The second-order valence-electron chi connectivity index (χ2n) is 6.69. The Kier molecular flexibility index (Phi) is 5.92. The molecule has 2 aromatic carbocycles. The highest BCUT2D eigenvalue weighted by Crippen LogP contribution is 2.33. The molecule has 0 radical (unpaired) electrons. The molecule has 0 saturated carbocycles. The minimum absolute atomic E-state index is 0.355. The zero-order valence-electron chi connectivity index (χ0n) is 14.9. The minimum atomic E-state index is -3.34. The molecule has 0 N–H and O–H groups in total. The van der Waals surface area contributed by atoms with Gasteiger partial charge in [0.2, 0.25) is 0 Å². The lowest BCUT2D eigenvalue weighted by Gasteiger charge is -2.31. The van der Waals surface area contributed by atoms with Gasteiger partial charge in [-0.1, -0.05) is 40.2 Å². The first kappa shape index (κ1) is 20.1. The summed E-state index contributed by atoms with van der Waals surface area (Å²) in [5.41, 5.74) is 2.02. The third-order valence-corrected chi connectivity index (χ3v) is 9.57. The quantitative estimate of drug-likeness (QED) is 0.420. The first-order valence-corrected chi connectivity index (χ1v) is 12.9. The maximum atomic E-state index is 13.0. The van der Waals surface area contributed by atoms with Gasteiger partial charge in [-0.15, -0.1) is 11.3 Å². The van der Waals surface area contributed by atoms with Crippen LogP contribution in [0.5, 0.6) is 0 Å². The summed E-state index contributed by atoms with van der Waals surface area (Å²) < 4.78 is 27.7. The van der Waals surface area contributed by atoms with Crippen molar-refractivity contribution >= 4 is 58.2 Å². The van der Waals surface area contributed by atoms with Gasteiger partial charge in [0.25, 0.3) is 0 Å². The number of thiazole rings is 1. The molecule has 3 aromatic rings. The fourth-order valence-electron chi connectivity index (χ4n) is 3.40. The molecular weight excluding hydrogens is 524 g/mol. The second kappa shape index (κ2) is 8.26. The van der Waals surface area contributed by atoms with E-state index in [-0.39, 0.29) is 5.25 Å². The average Bonchev–Trinajstić information content (AvgIpc) is 3.19. The Morgan fingerprint density at radius 1 is 1.04 bits per heavy atom. The summed E-state index contributed by atoms with van der Waals surface area (Å²) >= 11 is 8.48. The van der Waals surface area contributed by atoms with Gasteiger partial charge in [0.1, 0.15) is 0 Å². The Labute approximate surface area is 185 Å². The summed E-state index contributed by atoms with van der Waals surface area (Å²) in [5.74, 6) is 0. The van der Waals surface area contributed by atoms with Gasteiger partial charge in [-0.05, 0) is 53.0 Å². The van der Waals surface area contributed by atoms with Gasteiger partial charge in [0, 0.05) is 33.0 Å². The van der Waals surface area contributed by atoms with Crippen molar-refractivity contribution in [1.82, 2.24) is 4.98 Å². The van der Waals surface area contributed by atoms with Crippen LogP contribution in [0, 0.1) is 0 Å². The molecule has 4 rings (SSSR count). The SMILES string of the molecule is O=S(=O)(c1ccccc1Br)C1CCN(c2nc(-c3cccc(Br)c3)cs2)CC1. The third-order valence-electron chi connectivity index (χ3n) is 4.91. The molecule has 1 aromatic heterocycles. The normalized spacial score (nSPS) is 15.7. The largest absolute Gasteiger partial charge is 0.348 e. The predicted octanol–water partition coefficient (Wildman–Crippen LogP) is 5.78. The molecule has 2 heterocycles. The van der Waals surface area contributed by atoms with Crippen LogP contribution in [0.1, 0.15) is 12.8 Å². The van der Waals surface area contributed by atoms with E-state index in [1.165, 1.54) is 0 Å². The number of rotatable bonds is 4. The molecule has 0 spiro atoms. The standard InChI is InChI=1S/C20H18Br2N2O2S2/c21-15-5-3-4-14(12-15)18-13-27-20(23-18)24-10-8-16(9-11-24)28(25,26)19-7-2-1-6-17(19)22/h1-7,12-13,16H,8-11H2. The van der Waals surface area contributed by atoms with Crippen molar-refractivity contribution in [2.75, 3.05) is 18.0 Å². The summed E-state index contributed by atoms with van der Waals surface area (Å²) in [6.45, 7) is 1.39. The smallest absolute Gasteiger partial charge is 0.185 e. The molecule has 4 nitrogen and oxygen atoms in total. The maximum Gasteiger partial charge on any atom is 0.185 e. The summed E-state index contributed by atoms with van der Waals surface area (Å²) in [6.07, 6.45) is 1.21. The van der Waals surface area contributed by atoms with Crippen LogP contribution in [0.3, 0.4) is 0 Å². The van der Waals surface area contributed by atoms with Crippen molar-refractivity contribution in [3.63, 3.8) is 0 Å². The van der Waals surface area contributed by atoms with Gasteiger partial charge in [-0.25, -0.2) is 13.4 Å². The molecule has 0 unspecified atom stereocenters. The number of sulfone groups is 1. The number of nitrogens with zero attached hydrogens (tertiary/aromatic N) is 2. The molecule has 0 amide bonds. The lowest BCUT2D eigenvalue weighted by molar-refractivity contribution is 0.529. The molecule has 28 heavy (non-hydrogen) atoms. The average molecular weight is 542 g/mol. The molecule has 1 fully saturated rings. The Morgan fingerprint density at radius 3 is 2.50 bits per heavy atom. The molecule has 1 saturated heterocycles. The Bertz CT molecular complexity index is 1090. The Hall–Kier alpha value is -1.22. The van der Waals surface area contributed by atoms with E-state index >= 15 is 0 Å². The Balaban J connectivity index is 1.47. The van der Waals surface area contributed by atoms with Crippen molar-refractivity contribution in [3.8, 4) is 11.3 Å². The molecule has 1 aliphatic heterocycles. The van der Waals surface area contributed by atoms with E-state index in [1.54, 1.807) is 29.5 Å². The predicted molar refractivity (Wildman–Crippen MR) is 122 cm³/mol. The van der Waals surface area contributed by atoms with E-state index in [0.717, 1.165) is 20.9 Å². The van der Waals surface area contributed by atoms with Gasteiger partial charge in [-0.3, -0.25) is 0 Å². The lowest BCUT2D eigenvalue weighted by atomic mass is 10.1. The van der Waals surface area contributed by atoms with E-state index in [9.17, 15) is 8.42 Å². The number of piperidine rings is 1. The van der Waals surface area contributed by atoms with Gasteiger partial charge in [0.15, 0.2) is 15.0 Å². The van der Waals surface area contributed by atoms with Gasteiger partial charge < -0.3 is 4.90 Å². The molecule has 0 aliphatic carbocycles. The highest BCUT2D eigenvalue weighted by atomic mass is 79.9. The van der Waals surface area contributed by atoms with Crippen molar-refractivity contribution in [3.05, 3.63) is 62.9 Å². The number of aromatic nitrogens is 1. The van der Waals surface area contributed by atoms with Crippen LogP contribution in [0.15, 0.2) is 67.8 Å². The summed E-state index contributed by atoms with van der Waals surface area (Å²) in [4.78, 5) is 7.35. The van der Waals surface area contributed by atoms with E-state index < -0.39 is 9.84 Å². The first-order valence-electron chi connectivity index (χ1n) is 8.90. The van der Waals surface area contributed by atoms with Crippen LogP contribution in [-0.2, 0) is 9.84 Å². The van der Waals surface area contributed by atoms with Crippen molar-refractivity contribution in [2.45, 2.75) is 23.0 Å². The third kappa shape index (κ3) is 4.06. The minimum Gasteiger partial charge on any atom is -0.348 e. The fraction of sp³-hybridized carbons (Fsp3) is 0.250. The topological polar surface area (TPSA) is 50.3 Å². The number of anilines is 1. The highest BCUT2D eigenvalue weighted by molar-refractivity contribution is 9.10. The summed E-state index contributed by atoms with van der Waals surface area (Å²) in [6, 6.07) is 15.1. The lowest BCUT2D eigenvalue weighted by Crippen LogP contribution is -2.39. The van der Waals surface area contributed by atoms with E-state index in [2.05, 4.69) is 48.2 Å². The van der Waals surface area contributed by atoms with Crippen LogP contribution < -0.4 is 4.90 Å². The number of hydrogen-bond acceptors (Lipinski definition) is 5. The van der Waals surface area contributed by atoms with Crippen molar-refractivity contribution < 1.29 is 8.42 Å².